The SMILES string of the molecule is C/C=C/c1cn(C2OC(CO)C(OC)C2(C)C)c(=O)[nH]c1=O. The van der Waals surface area contributed by atoms with Gasteiger partial charge in [0, 0.05) is 18.7 Å². The summed E-state index contributed by atoms with van der Waals surface area (Å²) in [5.74, 6) is 0. The smallest absolute Gasteiger partial charge is 0.330 e. The maximum absolute atomic E-state index is 12.2. The highest BCUT2D eigenvalue weighted by molar-refractivity contribution is 5.45. The third kappa shape index (κ3) is 2.67. The molecule has 3 atom stereocenters. The number of methoxy groups -OCH3 is 1. The molecule has 1 aliphatic rings. The number of aliphatic hydroxyl groups is 1. The molecule has 1 aromatic heterocycles. The molecular weight excluding hydrogens is 288 g/mol. The zero-order valence-electron chi connectivity index (χ0n) is 13.2. The molecule has 1 aliphatic heterocycles. The van der Waals surface area contributed by atoms with Gasteiger partial charge in [-0.1, -0.05) is 26.0 Å². The number of nitrogens with zero attached hydrogens (tertiary/aromatic N) is 1. The van der Waals surface area contributed by atoms with Crippen LogP contribution >= 0.6 is 0 Å². The van der Waals surface area contributed by atoms with Gasteiger partial charge in [-0.2, -0.15) is 0 Å². The van der Waals surface area contributed by atoms with Crippen LogP contribution in [0.4, 0.5) is 0 Å². The van der Waals surface area contributed by atoms with E-state index in [1.807, 2.05) is 13.8 Å². The van der Waals surface area contributed by atoms with E-state index < -0.39 is 29.0 Å². The number of aromatic amines is 1. The summed E-state index contributed by atoms with van der Waals surface area (Å²) in [5.41, 5.74) is -1.19. The highest BCUT2D eigenvalue weighted by atomic mass is 16.6. The minimum absolute atomic E-state index is 0.210. The Morgan fingerprint density at radius 1 is 1.50 bits per heavy atom. The molecule has 1 fully saturated rings. The van der Waals surface area contributed by atoms with Gasteiger partial charge >= 0.3 is 5.69 Å². The first-order valence-corrected chi connectivity index (χ1v) is 7.14. The van der Waals surface area contributed by atoms with Gasteiger partial charge in [0.2, 0.25) is 0 Å². The normalized spacial score (nSPS) is 27.6. The van der Waals surface area contributed by atoms with E-state index in [4.69, 9.17) is 9.47 Å². The van der Waals surface area contributed by atoms with Crippen LogP contribution < -0.4 is 11.2 Å². The highest BCUT2D eigenvalue weighted by Gasteiger charge is 2.52. The van der Waals surface area contributed by atoms with Gasteiger partial charge < -0.3 is 14.6 Å². The van der Waals surface area contributed by atoms with Gasteiger partial charge in [0.15, 0.2) is 0 Å². The lowest BCUT2D eigenvalue weighted by Gasteiger charge is -2.30. The van der Waals surface area contributed by atoms with Crippen molar-refractivity contribution in [3.8, 4) is 0 Å². The lowest BCUT2D eigenvalue weighted by molar-refractivity contribution is -0.0560. The van der Waals surface area contributed by atoms with Crippen LogP contribution in [0, 0.1) is 5.41 Å². The van der Waals surface area contributed by atoms with Crippen molar-refractivity contribution in [2.75, 3.05) is 13.7 Å². The first-order valence-electron chi connectivity index (χ1n) is 7.14. The maximum atomic E-state index is 12.2. The van der Waals surface area contributed by atoms with Crippen molar-refractivity contribution in [2.45, 2.75) is 39.2 Å². The summed E-state index contributed by atoms with van der Waals surface area (Å²) in [7, 11) is 1.54. The molecule has 0 aromatic carbocycles. The Morgan fingerprint density at radius 3 is 2.68 bits per heavy atom. The van der Waals surface area contributed by atoms with Crippen molar-refractivity contribution in [2.24, 2.45) is 5.41 Å². The van der Waals surface area contributed by atoms with Crippen molar-refractivity contribution in [3.63, 3.8) is 0 Å². The second-order valence-corrected chi connectivity index (χ2v) is 5.94. The van der Waals surface area contributed by atoms with E-state index in [1.54, 1.807) is 26.2 Å². The summed E-state index contributed by atoms with van der Waals surface area (Å²) in [6.07, 6.45) is 3.26. The molecule has 2 N–H and O–H groups in total. The monoisotopic (exact) mass is 310 g/mol. The Morgan fingerprint density at radius 2 is 2.18 bits per heavy atom. The van der Waals surface area contributed by atoms with Gasteiger partial charge in [-0.05, 0) is 6.92 Å². The van der Waals surface area contributed by atoms with Crippen LogP contribution in [0.25, 0.3) is 6.08 Å². The van der Waals surface area contributed by atoms with Gasteiger partial charge in [0.25, 0.3) is 5.56 Å². The Labute approximate surface area is 128 Å². The molecule has 0 saturated carbocycles. The zero-order valence-corrected chi connectivity index (χ0v) is 13.2. The Kier molecular flexibility index (Phi) is 4.69. The quantitative estimate of drug-likeness (QED) is 0.844. The van der Waals surface area contributed by atoms with Crippen molar-refractivity contribution < 1.29 is 14.6 Å². The van der Waals surface area contributed by atoms with Crippen LogP contribution in [0.2, 0.25) is 0 Å². The summed E-state index contributed by atoms with van der Waals surface area (Å²) in [5, 5.41) is 9.46. The molecule has 2 rings (SSSR count). The number of nitrogens with one attached hydrogen (secondary N) is 1. The maximum Gasteiger partial charge on any atom is 0.330 e. The van der Waals surface area contributed by atoms with Crippen molar-refractivity contribution >= 4 is 6.08 Å². The largest absolute Gasteiger partial charge is 0.394 e. The zero-order chi connectivity index (χ0) is 16.5. The van der Waals surface area contributed by atoms with Crippen LogP contribution in [-0.2, 0) is 9.47 Å². The number of aromatic nitrogens is 2. The van der Waals surface area contributed by atoms with Gasteiger partial charge in [-0.15, -0.1) is 0 Å². The molecule has 7 heteroatoms. The fraction of sp³-hybridized carbons (Fsp3) is 0.600. The van der Waals surface area contributed by atoms with E-state index in [1.165, 1.54) is 10.8 Å². The fourth-order valence-corrected chi connectivity index (χ4v) is 3.02. The Hall–Kier alpha value is -1.70. The van der Waals surface area contributed by atoms with Crippen molar-refractivity contribution in [3.05, 3.63) is 38.7 Å². The van der Waals surface area contributed by atoms with E-state index >= 15 is 0 Å². The van der Waals surface area contributed by atoms with Crippen molar-refractivity contribution in [1.29, 1.82) is 0 Å². The number of rotatable bonds is 4. The van der Waals surface area contributed by atoms with Crippen LogP contribution in [-0.4, -0.2) is 40.6 Å². The van der Waals surface area contributed by atoms with Gasteiger partial charge in [-0.3, -0.25) is 14.3 Å². The number of ether oxygens (including phenoxy) is 2. The predicted molar refractivity (Wildman–Crippen MR) is 81.6 cm³/mol. The molecule has 122 valence electrons. The minimum atomic E-state index is -0.650. The van der Waals surface area contributed by atoms with Crippen LogP contribution in [0.15, 0.2) is 21.9 Å². The number of H-pyrrole nitrogens is 1. The molecule has 2 heterocycles. The first-order chi connectivity index (χ1) is 10.4. The second-order valence-electron chi connectivity index (χ2n) is 5.94. The van der Waals surface area contributed by atoms with E-state index in [0.717, 1.165) is 0 Å². The summed E-state index contributed by atoms with van der Waals surface area (Å²) in [6, 6.07) is 0. The fourth-order valence-electron chi connectivity index (χ4n) is 3.02. The molecule has 0 bridgehead atoms. The number of allylic oxidation sites excluding steroid dienone is 1. The molecular formula is C15H22N2O5. The molecule has 7 nitrogen and oxygen atoms in total. The molecule has 1 saturated heterocycles. The standard InChI is InChI=1S/C15H22N2O5/c1-5-6-9-7-17(14(20)16-12(9)19)13-15(2,3)11(21-4)10(8-18)22-13/h5-7,10-11,13,18H,8H2,1-4H3,(H,16,19,20)/b6-5+. The van der Waals surface area contributed by atoms with Gasteiger partial charge in [-0.25, -0.2) is 4.79 Å². The molecule has 3 unspecified atom stereocenters. The van der Waals surface area contributed by atoms with Gasteiger partial charge in [0.05, 0.1) is 18.3 Å². The summed E-state index contributed by atoms with van der Waals surface area (Å²) >= 11 is 0. The average molecular weight is 310 g/mol. The van der Waals surface area contributed by atoms with Crippen LogP contribution in [0.3, 0.4) is 0 Å². The van der Waals surface area contributed by atoms with E-state index in [9.17, 15) is 14.7 Å². The predicted octanol–water partition coefficient (Wildman–Crippen LogP) is 0.501. The van der Waals surface area contributed by atoms with E-state index in [0.29, 0.717) is 5.56 Å². The van der Waals surface area contributed by atoms with Crippen molar-refractivity contribution in [1.82, 2.24) is 9.55 Å². The lowest BCUT2D eigenvalue weighted by Crippen LogP contribution is -2.41. The van der Waals surface area contributed by atoms with Gasteiger partial charge in [0.1, 0.15) is 12.3 Å². The number of hydrogen-bond acceptors (Lipinski definition) is 5. The minimum Gasteiger partial charge on any atom is -0.394 e. The molecule has 0 aliphatic carbocycles. The molecule has 0 amide bonds. The van der Waals surface area contributed by atoms with E-state index in [-0.39, 0.29) is 12.7 Å². The average Bonchev–Trinajstić information content (AvgIpc) is 2.72. The number of aliphatic hydroxyl groups excluding tert-OH is 1. The van der Waals surface area contributed by atoms with Crippen LogP contribution in [0.5, 0.6) is 0 Å². The lowest BCUT2D eigenvalue weighted by atomic mass is 9.84. The second kappa shape index (κ2) is 6.20. The third-order valence-corrected chi connectivity index (χ3v) is 4.04. The molecule has 1 aromatic rings. The van der Waals surface area contributed by atoms with E-state index in [2.05, 4.69) is 4.98 Å². The molecule has 22 heavy (non-hydrogen) atoms. The Balaban J connectivity index is 2.54. The summed E-state index contributed by atoms with van der Waals surface area (Å²) in [4.78, 5) is 26.2. The highest BCUT2D eigenvalue weighted by Crippen LogP contribution is 2.45. The third-order valence-electron chi connectivity index (χ3n) is 4.04. The Bertz CT molecular complexity index is 673. The topological polar surface area (TPSA) is 93.6 Å². The first kappa shape index (κ1) is 16.7. The summed E-state index contributed by atoms with van der Waals surface area (Å²) in [6.45, 7) is 5.37. The molecule has 0 spiro atoms. The number of hydrogen-bond donors (Lipinski definition) is 2. The summed E-state index contributed by atoms with van der Waals surface area (Å²) < 4.78 is 12.6. The molecule has 0 radical (unpaired) electrons. The van der Waals surface area contributed by atoms with Crippen LogP contribution in [0.1, 0.15) is 32.6 Å².